The van der Waals surface area contributed by atoms with Gasteiger partial charge in [-0.3, -0.25) is 0 Å². The van der Waals surface area contributed by atoms with E-state index in [-0.39, 0.29) is 0 Å². The van der Waals surface area contributed by atoms with Crippen LogP contribution in [0.1, 0.15) is 12.0 Å². The maximum absolute atomic E-state index is 5.42. The standard InChI is InChI=1S/C11H17NOS/c1-12-11(10-2-4-13-7-10)6-9-3-5-14-8-9/h3,5,8,10-12H,2,4,6-7H2,1H3. The predicted molar refractivity (Wildman–Crippen MR) is 59.8 cm³/mol. The molecule has 0 radical (unpaired) electrons. The summed E-state index contributed by atoms with van der Waals surface area (Å²) in [6.45, 7) is 1.86. The van der Waals surface area contributed by atoms with Crippen LogP contribution in [0.3, 0.4) is 0 Å². The maximum Gasteiger partial charge on any atom is 0.0510 e. The van der Waals surface area contributed by atoms with Gasteiger partial charge in [-0.2, -0.15) is 11.3 Å². The third kappa shape index (κ3) is 2.35. The van der Waals surface area contributed by atoms with Crippen molar-refractivity contribution in [1.29, 1.82) is 0 Å². The van der Waals surface area contributed by atoms with Crippen LogP contribution in [0.5, 0.6) is 0 Å². The molecule has 1 aromatic rings. The summed E-state index contributed by atoms with van der Waals surface area (Å²) in [5.74, 6) is 0.694. The smallest absolute Gasteiger partial charge is 0.0510 e. The summed E-state index contributed by atoms with van der Waals surface area (Å²) in [6, 6.07) is 2.79. The second-order valence-electron chi connectivity index (χ2n) is 3.85. The fraction of sp³-hybridized carbons (Fsp3) is 0.636. The average molecular weight is 211 g/mol. The van der Waals surface area contributed by atoms with Crippen molar-refractivity contribution in [2.45, 2.75) is 18.9 Å². The Morgan fingerprint density at radius 2 is 2.64 bits per heavy atom. The SMILES string of the molecule is CNC(Cc1ccsc1)C1CCOC1. The molecule has 0 saturated carbocycles. The Balaban J connectivity index is 1.92. The van der Waals surface area contributed by atoms with E-state index in [1.54, 1.807) is 11.3 Å². The van der Waals surface area contributed by atoms with Crippen LogP contribution in [0.2, 0.25) is 0 Å². The zero-order valence-corrected chi connectivity index (χ0v) is 9.35. The lowest BCUT2D eigenvalue weighted by Gasteiger charge is -2.21. The van der Waals surface area contributed by atoms with Crippen LogP contribution in [0.15, 0.2) is 16.8 Å². The fourth-order valence-corrected chi connectivity index (χ4v) is 2.72. The fourth-order valence-electron chi connectivity index (χ4n) is 2.04. The number of likely N-dealkylation sites (N-methyl/N-ethyl adjacent to an activating group) is 1. The third-order valence-corrected chi connectivity index (χ3v) is 3.67. The van der Waals surface area contributed by atoms with Crippen LogP contribution in [0.25, 0.3) is 0 Å². The quantitative estimate of drug-likeness (QED) is 0.821. The van der Waals surface area contributed by atoms with E-state index in [1.165, 1.54) is 12.0 Å². The lowest BCUT2D eigenvalue weighted by atomic mass is 9.94. The molecule has 0 spiro atoms. The molecule has 3 heteroatoms. The van der Waals surface area contributed by atoms with Gasteiger partial charge in [0.1, 0.15) is 0 Å². The molecule has 0 aromatic carbocycles. The first-order valence-corrected chi connectivity index (χ1v) is 6.10. The lowest BCUT2D eigenvalue weighted by Crippen LogP contribution is -2.35. The van der Waals surface area contributed by atoms with Crippen LogP contribution in [-0.4, -0.2) is 26.3 Å². The Kier molecular flexibility index (Phi) is 3.56. The van der Waals surface area contributed by atoms with E-state index in [1.807, 2.05) is 0 Å². The van der Waals surface area contributed by atoms with Gasteiger partial charge in [0.15, 0.2) is 0 Å². The topological polar surface area (TPSA) is 21.3 Å². The highest BCUT2D eigenvalue weighted by atomic mass is 32.1. The van der Waals surface area contributed by atoms with Gasteiger partial charge in [0.05, 0.1) is 6.61 Å². The Labute approximate surface area is 89.3 Å². The zero-order chi connectivity index (χ0) is 9.80. The first kappa shape index (κ1) is 10.1. The van der Waals surface area contributed by atoms with Crippen LogP contribution < -0.4 is 5.32 Å². The molecule has 1 N–H and O–H groups in total. The van der Waals surface area contributed by atoms with Crippen LogP contribution in [0, 0.1) is 5.92 Å². The van der Waals surface area contributed by atoms with E-state index in [0.717, 1.165) is 19.6 Å². The van der Waals surface area contributed by atoms with Gasteiger partial charge >= 0.3 is 0 Å². The van der Waals surface area contributed by atoms with E-state index in [2.05, 4.69) is 29.2 Å². The molecule has 1 fully saturated rings. The zero-order valence-electron chi connectivity index (χ0n) is 8.53. The molecule has 0 aliphatic carbocycles. The van der Waals surface area contributed by atoms with Gasteiger partial charge in [0, 0.05) is 18.6 Å². The molecule has 1 aromatic heterocycles. The van der Waals surface area contributed by atoms with E-state index < -0.39 is 0 Å². The molecule has 2 atom stereocenters. The normalized spacial score (nSPS) is 23.9. The van der Waals surface area contributed by atoms with Gasteiger partial charge in [-0.25, -0.2) is 0 Å². The third-order valence-electron chi connectivity index (χ3n) is 2.94. The van der Waals surface area contributed by atoms with Crippen molar-refractivity contribution in [3.63, 3.8) is 0 Å². The summed E-state index contributed by atoms with van der Waals surface area (Å²) >= 11 is 1.78. The first-order valence-electron chi connectivity index (χ1n) is 5.16. The van der Waals surface area contributed by atoms with Crippen LogP contribution in [0.4, 0.5) is 0 Å². The highest BCUT2D eigenvalue weighted by Crippen LogP contribution is 2.20. The molecule has 1 saturated heterocycles. The van der Waals surface area contributed by atoms with Gasteiger partial charge in [-0.05, 0) is 42.3 Å². The van der Waals surface area contributed by atoms with Crippen molar-refractivity contribution in [2.75, 3.05) is 20.3 Å². The van der Waals surface area contributed by atoms with Crippen molar-refractivity contribution in [1.82, 2.24) is 5.32 Å². The molecule has 0 amide bonds. The Morgan fingerprint density at radius 3 is 3.21 bits per heavy atom. The summed E-state index contributed by atoms with van der Waals surface area (Å²) in [7, 11) is 2.05. The van der Waals surface area contributed by atoms with E-state index in [0.29, 0.717) is 12.0 Å². The highest BCUT2D eigenvalue weighted by molar-refractivity contribution is 7.07. The predicted octanol–water partition coefficient (Wildman–Crippen LogP) is 1.92. The molecular formula is C11H17NOS. The average Bonchev–Trinajstić information content (AvgIpc) is 2.86. The van der Waals surface area contributed by atoms with Crippen molar-refractivity contribution in [2.24, 2.45) is 5.92 Å². The van der Waals surface area contributed by atoms with Crippen LogP contribution >= 0.6 is 11.3 Å². The Morgan fingerprint density at radius 1 is 1.71 bits per heavy atom. The summed E-state index contributed by atoms with van der Waals surface area (Å²) in [5, 5.41) is 7.79. The number of nitrogens with one attached hydrogen (secondary N) is 1. The summed E-state index contributed by atoms with van der Waals surface area (Å²) in [5.41, 5.74) is 1.45. The lowest BCUT2D eigenvalue weighted by molar-refractivity contribution is 0.177. The minimum absolute atomic E-state index is 0.576. The van der Waals surface area contributed by atoms with Crippen molar-refractivity contribution >= 4 is 11.3 Å². The number of rotatable bonds is 4. The minimum atomic E-state index is 0.576. The monoisotopic (exact) mass is 211 g/mol. The molecule has 2 nitrogen and oxygen atoms in total. The molecule has 78 valence electrons. The Bertz CT molecular complexity index is 254. The van der Waals surface area contributed by atoms with Crippen molar-refractivity contribution in [3.05, 3.63) is 22.4 Å². The summed E-state index contributed by atoms with van der Waals surface area (Å²) in [6.07, 6.45) is 2.34. The maximum atomic E-state index is 5.42. The minimum Gasteiger partial charge on any atom is -0.381 e. The number of thiophene rings is 1. The molecule has 1 aliphatic heterocycles. The first-order chi connectivity index (χ1) is 6.90. The van der Waals surface area contributed by atoms with E-state index in [9.17, 15) is 0 Å². The largest absolute Gasteiger partial charge is 0.381 e. The summed E-state index contributed by atoms with van der Waals surface area (Å²) < 4.78 is 5.42. The molecule has 2 unspecified atom stereocenters. The van der Waals surface area contributed by atoms with Gasteiger partial charge in [0.25, 0.3) is 0 Å². The summed E-state index contributed by atoms with van der Waals surface area (Å²) in [4.78, 5) is 0. The second-order valence-corrected chi connectivity index (χ2v) is 4.63. The van der Waals surface area contributed by atoms with E-state index >= 15 is 0 Å². The number of hydrogen-bond acceptors (Lipinski definition) is 3. The molecule has 0 bridgehead atoms. The van der Waals surface area contributed by atoms with Gasteiger partial charge in [0.2, 0.25) is 0 Å². The van der Waals surface area contributed by atoms with Gasteiger partial charge in [-0.1, -0.05) is 0 Å². The van der Waals surface area contributed by atoms with Gasteiger partial charge < -0.3 is 10.1 Å². The number of hydrogen-bond donors (Lipinski definition) is 1. The van der Waals surface area contributed by atoms with Crippen molar-refractivity contribution in [3.8, 4) is 0 Å². The van der Waals surface area contributed by atoms with E-state index in [4.69, 9.17) is 4.74 Å². The highest BCUT2D eigenvalue weighted by Gasteiger charge is 2.24. The molecule has 2 rings (SSSR count). The Hall–Kier alpha value is -0.380. The van der Waals surface area contributed by atoms with Crippen molar-refractivity contribution < 1.29 is 4.74 Å². The number of ether oxygens (including phenoxy) is 1. The molecule has 2 heterocycles. The molecule has 14 heavy (non-hydrogen) atoms. The molecule has 1 aliphatic rings. The van der Waals surface area contributed by atoms with Gasteiger partial charge in [-0.15, -0.1) is 0 Å². The molecular weight excluding hydrogens is 194 g/mol. The second kappa shape index (κ2) is 4.91. The van der Waals surface area contributed by atoms with Crippen LogP contribution in [-0.2, 0) is 11.2 Å².